The summed E-state index contributed by atoms with van der Waals surface area (Å²) in [6.45, 7) is 2.09. The van der Waals surface area contributed by atoms with Gasteiger partial charge in [0.2, 0.25) is 0 Å². The third-order valence-corrected chi connectivity index (χ3v) is 3.47. The Balaban J connectivity index is 1.99. The predicted molar refractivity (Wildman–Crippen MR) is 44.9 cm³/mol. The van der Waals surface area contributed by atoms with Crippen molar-refractivity contribution < 1.29 is 9.90 Å². The van der Waals surface area contributed by atoms with Gasteiger partial charge in [-0.2, -0.15) is 0 Å². The molecule has 0 aromatic carbocycles. The van der Waals surface area contributed by atoms with Crippen LogP contribution in [-0.2, 0) is 4.79 Å². The molecule has 1 unspecified atom stereocenters. The fraction of sp³-hybridized carbons (Fsp3) is 0.889. The third-order valence-electron chi connectivity index (χ3n) is 3.47. The maximum Gasteiger partial charge on any atom is 0.303 e. The summed E-state index contributed by atoms with van der Waals surface area (Å²) in [5.74, 6) is -0.190. The summed E-state index contributed by atoms with van der Waals surface area (Å²) in [5.41, 5.74) is 0.373. The molecular weight excluding hydrogens is 154 g/mol. The van der Waals surface area contributed by atoms with E-state index < -0.39 is 5.97 Å². The van der Waals surface area contributed by atoms with E-state index in [-0.39, 0.29) is 0 Å². The third kappa shape index (κ3) is 1.12. The molecule has 3 heteroatoms. The van der Waals surface area contributed by atoms with Crippen LogP contribution in [0.3, 0.4) is 0 Å². The van der Waals surface area contributed by atoms with E-state index in [1.807, 2.05) is 0 Å². The molecule has 1 heterocycles. The Morgan fingerprint density at radius 1 is 1.58 bits per heavy atom. The monoisotopic (exact) mass is 169 g/mol. The van der Waals surface area contributed by atoms with Gasteiger partial charge in [0.15, 0.2) is 0 Å². The highest BCUT2D eigenvalue weighted by Gasteiger charge is 2.47. The van der Waals surface area contributed by atoms with Crippen molar-refractivity contribution in [2.45, 2.75) is 25.7 Å². The summed E-state index contributed by atoms with van der Waals surface area (Å²) in [4.78, 5) is 10.6. The van der Waals surface area contributed by atoms with E-state index in [1.165, 1.54) is 12.8 Å². The summed E-state index contributed by atoms with van der Waals surface area (Å²) in [5, 5.41) is 12.0. The van der Waals surface area contributed by atoms with Gasteiger partial charge in [0.1, 0.15) is 0 Å². The van der Waals surface area contributed by atoms with Crippen LogP contribution in [0.5, 0.6) is 0 Å². The zero-order valence-electron chi connectivity index (χ0n) is 7.18. The normalized spacial score (nSPS) is 31.8. The lowest BCUT2D eigenvalue weighted by Gasteiger charge is -2.44. The lowest BCUT2D eigenvalue weighted by molar-refractivity contribution is -0.139. The number of aliphatic carboxylic acids is 1. The van der Waals surface area contributed by atoms with Gasteiger partial charge in [-0.25, -0.2) is 0 Å². The van der Waals surface area contributed by atoms with Crippen LogP contribution in [0.2, 0.25) is 0 Å². The van der Waals surface area contributed by atoms with Crippen LogP contribution in [0.1, 0.15) is 25.7 Å². The average molecular weight is 169 g/mol. The maximum absolute atomic E-state index is 10.6. The van der Waals surface area contributed by atoms with E-state index in [4.69, 9.17) is 5.11 Å². The van der Waals surface area contributed by atoms with Gasteiger partial charge in [-0.1, -0.05) is 6.42 Å². The topological polar surface area (TPSA) is 49.3 Å². The molecule has 3 nitrogen and oxygen atoms in total. The molecule has 1 saturated carbocycles. The van der Waals surface area contributed by atoms with Crippen molar-refractivity contribution in [3.63, 3.8) is 0 Å². The number of nitrogens with one attached hydrogen (secondary N) is 1. The second-order valence-electron chi connectivity index (χ2n) is 4.15. The first kappa shape index (κ1) is 8.05. The van der Waals surface area contributed by atoms with Crippen molar-refractivity contribution in [2.75, 3.05) is 13.1 Å². The molecule has 12 heavy (non-hydrogen) atoms. The molecule has 68 valence electrons. The Bertz CT molecular complexity index is 199. The lowest BCUT2D eigenvalue weighted by atomic mass is 9.71. The zero-order valence-corrected chi connectivity index (χ0v) is 7.18. The number of rotatable bonds is 2. The largest absolute Gasteiger partial charge is 0.481 e. The Morgan fingerprint density at radius 2 is 2.33 bits per heavy atom. The SMILES string of the molecule is O=C(O)CC1CCCC12CNC2. The minimum atomic E-state index is -0.631. The summed E-state index contributed by atoms with van der Waals surface area (Å²) >= 11 is 0. The first-order valence-electron chi connectivity index (χ1n) is 4.65. The molecule has 1 atom stereocenters. The predicted octanol–water partition coefficient (Wildman–Crippen LogP) is 0.851. The molecule has 2 rings (SSSR count). The van der Waals surface area contributed by atoms with Gasteiger partial charge in [-0.15, -0.1) is 0 Å². The van der Waals surface area contributed by atoms with Crippen molar-refractivity contribution >= 4 is 5.97 Å². The van der Waals surface area contributed by atoms with E-state index in [9.17, 15) is 4.79 Å². The molecule has 0 amide bonds. The molecule has 1 saturated heterocycles. The number of carboxylic acids is 1. The van der Waals surface area contributed by atoms with Gasteiger partial charge in [0, 0.05) is 19.5 Å². The Labute approximate surface area is 72.2 Å². The second kappa shape index (κ2) is 2.73. The van der Waals surface area contributed by atoms with Crippen LogP contribution in [0.25, 0.3) is 0 Å². The summed E-state index contributed by atoms with van der Waals surface area (Å²) in [6.07, 6.45) is 3.95. The standard InChI is InChI=1S/C9H15NO2/c11-8(12)4-7-2-1-3-9(7)5-10-6-9/h7,10H,1-6H2,(H,11,12). The number of carbonyl (C=O) groups is 1. The van der Waals surface area contributed by atoms with Crippen LogP contribution < -0.4 is 5.32 Å². The van der Waals surface area contributed by atoms with Crippen LogP contribution in [0.15, 0.2) is 0 Å². The minimum Gasteiger partial charge on any atom is -0.481 e. The van der Waals surface area contributed by atoms with E-state index in [0.717, 1.165) is 19.5 Å². The number of carboxylic acid groups (broad SMARTS) is 1. The first-order chi connectivity index (χ1) is 5.73. The minimum absolute atomic E-state index is 0.373. The van der Waals surface area contributed by atoms with Gasteiger partial charge in [0.25, 0.3) is 0 Å². The highest BCUT2D eigenvalue weighted by atomic mass is 16.4. The Morgan fingerprint density at radius 3 is 2.83 bits per heavy atom. The van der Waals surface area contributed by atoms with Gasteiger partial charge in [0.05, 0.1) is 0 Å². The maximum atomic E-state index is 10.6. The zero-order chi connectivity index (χ0) is 8.60. The van der Waals surface area contributed by atoms with Crippen molar-refractivity contribution in [2.24, 2.45) is 11.3 Å². The van der Waals surface area contributed by atoms with E-state index in [2.05, 4.69) is 5.32 Å². The highest BCUT2D eigenvalue weighted by Crippen LogP contribution is 2.47. The number of hydrogen-bond acceptors (Lipinski definition) is 2. The molecule has 0 aromatic rings. The summed E-state index contributed by atoms with van der Waals surface area (Å²) in [6, 6.07) is 0. The Kier molecular flexibility index (Phi) is 1.83. The van der Waals surface area contributed by atoms with E-state index in [1.54, 1.807) is 0 Å². The van der Waals surface area contributed by atoms with Crippen molar-refractivity contribution in [3.8, 4) is 0 Å². The first-order valence-corrected chi connectivity index (χ1v) is 4.65. The van der Waals surface area contributed by atoms with Gasteiger partial charge < -0.3 is 10.4 Å². The second-order valence-corrected chi connectivity index (χ2v) is 4.15. The summed E-state index contributed by atoms with van der Waals surface area (Å²) in [7, 11) is 0. The molecule has 0 radical (unpaired) electrons. The average Bonchev–Trinajstić information content (AvgIpc) is 2.28. The van der Waals surface area contributed by atoms with Gasteiger partial charge in [-0.3, -0.25) is 4.79 Å². The molecule has 1 aliphatic carbocycles. The molecule has 1 aliphatic heterocycles. The molecule has 1 spiro atoms. The van der Waals surface area contributed by atoms with Crippen molar-refractivity contribution in [1.82, 2.24) is 5.32 Å². The quantitative estimate of drug-likeness (QED) is 0.644. The van der Waals surface area contributed by atoms with Gasteiger partial charge in [-0.05, 0) is 24.2 Å². The van der Waals surface area contributed by atoms with Crippen molar-refractivity contribution in [3.05, 3.63) is 0 Å². The Hall–Kier alpha value is -0.570. The van der Waals surface area contributed by atoms with Crippen LogP contribution in [0.4, 0.5) is 0 Å². The highest BCUT2D eigenvalue weighted by molar-refractivity contribution is 5.67. The van der Waals surface area contributed by atoms with Crippen molar-refractivity contribution in [1.29, 1.82) is 0 Å². The van der Waals surface area contributed by atoms with Crippen LogP contribution in [0, 0.1) is 11.3 Å². The van der Waals surface area contributed by atoms with E-state index in [0.29, 0.717) is 17.8 Å². The van der Waals surface area contributed by atoms with Crippen LogP contribution >= 0.6 is 0 Å². The molecule has 0 aromatic heterocycles. The smallest absolute Gasteiger partial charge is 0.303 e. The molecule has 0 bridgehead atoms. The molecule has 2 aliphatic rings. The fourth-order valence-electron chi connectivity index (χ4n) is 2.65. The summed E-state index contributed by atoms with van der Waals surface area (Å²) < 4.78 is 0. The number of hydrogen-bond donors (Lipinski definition) is 2. The van der Waals surface area contributed by atoms with E-state index >= 15 is 0 Å². The van der Waals surface area contributed by atoms with Gasteiger partial charge >= 0.3 is 5.97 Å². The molecule has 2 N–H and O–H groups in total. The molecule has 2 fully saturated rings. The van der Waals surface area contributed by atoms with Crippen LogP contribution in [-0.4, -0.2) is 24.2 Å². The fourth-order valence-corrected chi connectivity index (χ4v) is 2.65. The lowest BCUT2D eigenvalue weighted by Crippen LogP contribution is -2.55. The molecular formula is C9H15NO2.